The minimum Gasteiger partial charge on any atom is -0.479 e. The minimum atomic E-state index is -2.63. The SMILES string of the molecule is CC(C)(C)c1ccc2c(c1)C(CCCCCCOCc1cn(C3OC(C(=O)O)C(O)C(O)C3O)nn1)(CCCCCCOCc1cn(C3(O)COC(O)(C(=O)O)CC3O)nn1)c1cc(-c3ccc(C(C)(C)C)c4nsnc34)ccc1-2. The lowest BCUT2D eigenvalue weighted by Crippen LogP contribution is -2.61. The number of hydrogen-bond acceptors (Lipinski definition) is 19. The average molecular weight is 1130 g/mol. The van der Waals surface area contributed by atoms with Crippen molar-refractivity contribution in [3.63, 3.8) is 0 Å². The number of aliphatic hydroxyl groups excluding tert-OH is 4. The van der Waals surface area contributed by atoms with Gasteiger partial charge in [-0.25, -0.2) is 19.0 Å². The van der Waals surface area contributed by atoms with Crippen LogP contribution in [0.5, 0.6) is 0 Å². The molecule has 1 aliphatic carbocycles. The Morgan fingerprint density at radius 3 is 1.93 bits per heavy atom. The standard InChI is InChI=1S/C57H74N8O14S/c1-53(2,3)34-16-18-39-38-17-15-33(37-19-20-40(54(4,5)6)45-44(37)60-80-61-45)25-41(38)55(42(39)26-34,21-11-7-9-13-23-76-30-35-28-64(62-58-35)50-48(69)46(67)47(68)49(79-50)51(70)71)22-12-8-10-14-24-77-31-36-29-65(63-59-36)56(74)32-78-57(75,52(72)73)27-43(56)66/h15-20,25-26,28-29,43,46-50,66-69,74-75H,7-14,21-24,27,30-32H2,1-6H3,(H,70,71)(H,72,73). The molecular formula is C57H74N8O14S. The van der Waals surface area contributed by atoms with E-state index < -0.39 is 73.2 Å². The second kappa shape index (κ2) is 23.6. The third-order valence-corrected chi connectivity index (χ3v) is 16.5. The fraction of sp³-hybridized carbons (Fsp3) is 0.579. The molecule has 80 heavy (non-hydrogen) atoms. The molecular weight excluding hydrogens is 1050 g/mol. The molecule has 6 aromatic rings. The molecule has 0 bridgehead atoms. The molecule has 2 fully saturated rings. The molecule has 3 aromatic carbocycles. The van der Waals surface area contributed by atoms with Gasteiger partial charge in [-0.3, -0.25) is 0 Å². The predicted molar refractivity (Wildman–Crippen MR) is 291 cm³/mol. The van der Waals surface area contributed by atoms with Crippen molar-refractivity contribution in [1.29, 1.82) is 0 Å². The maximum Gasteiger partial charge on any atom is 0.364 e. The van der Waals surface area contributed by atoms with Crippen LogP contribution in [0, 0.1) is 0 Å². The molecule has 9 unspecified atom stereocenters. The molecule has 0 saturated carbocycles. The van der Waals surface area contributed by atoms with Crippen molar-refractivity contribution in [1.82, 2.24) is 38.7 Å². The fourth-order valence-corrected chi connectivity index (χ4v) is 11.9. The Labute approximate surface area is 467 Å². The van der Waals surface area contributed by atoms with E-state index in [1.54, 1.807) is 0 Å². The summed E-state index contributed by atoms with van der Waals surface area (Å²) >= 11 is 1.24. The summed E-state index contributed by atoms with van der Waals surface area (Å²) < 4.78 is 34.2. The topological polar surface area (TPSA) is 320 Å². The van der Waals surface area contributed by atoms with E-state index >= 15 is 0 Å². The van der Waals surface area contributed by atoms with Crippen LogP contribution >= 0.6 is 11.7 Å². The van der Waals surface area contributed by atoms with Gasteiger partial charge >= 0.3 is 11.9 Å². The largest absolute Gasteiger partial charge is 0.479 e. The molecule has 0 amide bonds. The van der Waals surface area contributed by atoms with Gasteiger partial charge in [0.15, 0.2) is 12.3 Å². The Hall–Kier alpha value is -5.70. The second-order valence-corrected chi connectivity index (χ2v) is 24.3. The molecule has 23 heteroatoms. The smallest absolute Gasteiger partial charge is 0.364 e. The van der Waals surface area contributed by atoms with Crippen molar-refractivity contribution in [2.24, 2.45) is 0 Å². The monoisotopic (exact) mass is 1130 g/mol. The van der Waals surface area contributed by atoms with Gasteiger partial charge in [-0.15, -0.1) is 10.2 Å². The molecule has 3 aromatic heterocycles. The van der Waals surface area contributed by atoms with Crippen LogP contribution in [0.4, 0.5) is 0 Å². The molecule has 9 rings (SSSR count). The van der Waals surface area contributed by atoms with E-state index in [2.05, 4.69) is 111 Å². The van der Waals surface area contributed by atoms with Gasteiger partial charge in [0.05, 0.1) is 37.3 Å². The quantitative estimate of drug-likeness (QED) is 0.0341. The average Bonchev–Trinajstić information content (AvgIpc) is 4.40. The molecule has 8 N–H and O–H groups in total. The first-order valence-electron chi connectivity index (χ1n) is 27.4. The molecule has 2 aliphatic heterocycles. The first-order chi connectivity index (χ1) is 37.9. The van der Waals surface area contributed by atoms with Crippen molar-refractivity contribution in [2.45, 2.75) is 190 Å². The third-order valence-electron chi connectivity index (χ3n) is 16.0. The molecule has 0 radical (unpaired) electrons. The van der Waals surface area contributed by atoms with Crippen LogP contribution in [0.2, 0.25) is 0 Å². The van der Waals surface area contributed by atoms with Gasteiger partial charge in [0, 0.05) is 30.6 Å². The summed E-state index contributed by atoms with van der Waals surface area (Å²) in [6, 6.07) is 18.4. The number of unbranched alkanes of at least 4 members (excludes halogenated alkanes) is 6. The lowest BCUT2D eigenvalue weighted by atomic mass is 9.69. The van der Waals surface area contributed by atoms with Crippen LogP contribution in [0.3, 0.4) is 0 Å². The summed E-state index contributed by atoms with van der Waals surface area (Å²) in [5.74, 6) is -5.79. The number of hydrogen-bond donors (Lipinski definition) is 8. The summed E-state index contributed by atoms with van der Waals surface area (Å²) in [4.78, 5) is 23.1. The highest BCUT2D eigenvalue weighted by atomic mass is 32.1. The number of aromatic nitrogens is 8. The van der Waals surface area contributed by atoms with Gasteiger partial charge in [0.25, 0.3) is 5.79 Å². The number of nitrogens with zero attached hydrogens (tertiary/aromatic N) is 8. The maximum atomic E-state index is 11.6. The van der Waals surface area contributed by atoms with Crippen LogP contribution in [-0.2, 0) is 63.7 Å². The van der Waals surface area contributed by atoms with Crippen LogP contribution in [-0.4, -0.2) is 148 Å². The molecule has 9 atom stereocenters. The number of carboxylic acid groups (broad SMARTS) is 2. The Bertz CT molecular complexity index is 3150. The summed E-state index contributed by atoms with van der Waals surface area (Å²) in [6.07, 6.45) is 1.18. The van der Waals surface area contributed by atoms with Crippen LogP contribution < -0.4 is 0 Å². The fourth-order valence-electron chi connectivity index (χ4n) is 11.3. The minimum absolute atomic E-state index is 0.0818. The van der Waals surface area contributed by atoms with Crippen molar-refractivity contribution in [3.05, 3.63) is 94.6 Å². The van der Waals surface area contributed by atoms with Crippen LogP contribution in [0.25, 0.3) is 33.3 Å². The van der Waals surface area contributed by atoms with E-state index in [-0.39, 0.29) is 29.5 Å². The highest BCUT2D eigenvalue weighted by Crippen LogP contribution is 2.56. The normalized spacial score (nSPS) is 25.9. The van der Waals surface area contributed by atoms with E-state index in [0.717, 1.165) is 101 Å². The molecule has 5 heterocycles. The molecule has 22 nitrogen and oxygen atoms in total. The van der Waals surface area contributed by atoms with E-state index in [4.69, 9.17) is 27.7 Å². The van der Waals surface area contributed by atoms with Gasteiger partial charge in [-0.05, 0) is 81.5 Å². The Morgan fingerprint density at radius 1 is 0.700 bits per heavy atom. The van der Waals surface area contributed by atoms with Crippen molar-refractivity contribution in [2.75, 3.05) is 19.8 Å². The molecule has 432 valence electrons. The second-order valence-electron chi connectivity index (χ2n) is 23.7. The zero-order valence-corrected chi connectivity index (χ0v) is 46.9. The number of fused-ring (bicyclic) bond motifs is 4. The predicted octanol–water partition coefficient (Wildman–Crippen LogP) is 6.00. The lowest BCUT2D eigenvalue weighted by molar-refractivity contribution is -0.313. The van der Waals surface area contributed by atoms with Crippen molar-refractivity contribution in [3.8, 4) is 22.3 Å². The highest BCUT2D eigenvalue weighted by Gasteiger charge is 2.54. The number of ether oxygens (including phenoxy) is 4. The van der Waals surface area contributed by atoms with E-state index in [1.165, 1.54) is 51.9 Å². The van der Waals surface area contributed by atoms with E-state index in [9.17, 15) is 50.4 Å². The van der Waals surface area contributed by atoms with Crippen LogP contribution in [0.15, 0.2) is 60.9 Å². The molecule has 3 aliphatic rings. The summed E-state index contributed by atoms with van der Waals surface area (Å²) in [7, 11) is 0. The van der Waals surface area contributed by atoms with Gasteiger partial charge in [0.2, 0.25) is 5.72 Å². The Morgan fingerprint density at radius 2 is 1.30 bits per heavy atom. The van der Waals surface area contributed by atoms with Crippen LogP contribution in [0.1, 0.15) is 152 Å². The lowest BCUT2D eigenvalue weighted by Gasteiger charge is -2.41. The summed E-state index contributed by atoms with van der Waals surface area (Å²) in [5.41, 5.74) is 9.85. The molecule has 0 spiro atoms. The maximum absolute atomic E-state index is 11.6. The zero-order chi connectivity index (χ0) is 57.4. The first kappa shape index (κ1) is 58.9. The Kier molecular flexibility index (Phi) is 17.4. The zero-order valence-electron chi connectivity index (χ0n) is 46.1. The Balaban J connectivity index is 0.871. The van der Waals surface area contributed by atoms with E-state index in [0.29, 0.717) is 24.6 Å². The number of aliphatic hydroxyl groups is 6. The van der Waals surface area contributed by atoms with Gasteiger partial charge in [-0.2, -0.15) is 8.75 Å². The van der Waals surface area contributed by atoms with E-state index in [1.807, 2.05) is 0 Å². The number of aliphatic carboxylic acids is 2. The summed E-state index contributed by atoms with van der Waals surface area (Å²) in [6.45, 7) is 13.8. The first-order valence-corrected chi connectivity index (χ1v) is 28.1. The number of carbonyl (C=O) groups is 2. The number of rotatable bonds is 23. The summed E-state index contributed by atoms with van der Waals surface area (Å²) in [5, 5.41) is 97.6. The number of benzene rings is 3. The van der Waals surface area contributed by atoms with Gasteiger partial charge in [0.1, 0.15) is 53.4 Å². The number of carboxylic acids is 2. The van der Waals surface area contributed by atoms with Gasteiger partial charge < -0.3 is 59.8 Å². The highest BCUT2D eigenvalue weighted by molar-refractivity contribution is 7.00. The third kappa shape index (κ3) is 12.0. The van der Waals surface area contributed by atoms with Crippen molar-refractivity contribution >= 4 is 34.7 Å². The molecule has 2 saturated heterocycles. The van der Waals surface area contributed by atoms with Crippen molar-refractivity contribution < 1.29 is 69.4 Å². The van der Waals surface area contributed by atoms with Gasteiger partial charge in [-0.1, -0.05) is 133 Å².